The van der Waals surface area contributed by atoms with E-state index in [1.54, 1.807) is 23.1 Å². The molecule has 1 atom stereocenters. The summed E-state index contributed by atoms with van der Waals surface area (Å²) < 4.78 is 4.91. The summed E-state index contributed by atoms with van der Waals surface area (Å²) in [6.07, 6.45) is 1.30. The van der Waals surface area contributed by atoms with Gasteiger partial charge in [0.05, 0.1) is 23.7 Å². The number of esters is 1. The minimum atomic E-state index is -0.897. The number of hydrogen-bond acceptors (Lipinski definition) is 5. The Morgan fingerprint density at radius 3 is 2.60 bits per heavy atom. The van der Waals surface area contributed by atoms with Gasteiger partial charge in [-0.25, -0.2) is 19.2 Å². The van der Waals surface area contributed by atoms with Crippen molar-refractivity contribution in [1.82, 2.24) is 25.5 Å². The molecular weight excluding hydrogens is 452 g/mol. The number of rotatable bonds is 4. The van der Waals surface area contributed by atoms with E-state index in [0.29, 0.717) is 37.0 Å². The van der Waals surface area contributed by atoms with Crippen molar-refractivity contribution >= 4 is 34.8 Å². The molecule has 5 rings (SSSR count). The third kappa shape index (κ3) is 4.32. The lowest BCUT2D eigenvalue weighted by molar-refractivity contribution is -0.142. The Labute approximate surface area is 200 Å². The molecule has 35 heavy (non-hydrogen) atoms. The number of nitrogens with zero attached hydrogens (tertiary/aromatic N) is 1. The molecule has 11 nitrogen and oxygen atoms in total. The highest BCUT2D eigenvalue weighted by Crippen LogP contribution is 2.39. The molecule has 4 amide bonds. The third-order valence-electron chi connectivity index (χ3n) is 6.75. The molecule has 0 unspecified atom stereocenters. The number of H-pyrrole nitrogens is 2. The Kier molecular flexibility index (Phi) is 5.67. The number of imidazole rings is 1. The fourth-order valence-electron chi connectivity index (χ4n) is 4.95. The summed E-state index contributed by atoms with van der Waals surface area (Å²) in [6, 6.07) is 11.4. The number of benzene rings is 2. The highest BCUT2D eigenvalue weighted by Gasteiger charge is 2.43. The number of hydrogen-bond donors (Lipinski definition) is 5. The SMILES string of the molecule is COC(=O)[C@@H](Cc1ccc2[nH]c(=O)[nH]c2c1)NC(=O)N1CCC2(CC1)NC(=O)Nc1ccccc12. The van der Waals surface area contributed by atoms with Gasteiger partial charge in [0, 0.05) is 30.8 Å². The molecule has 3 aromatic rings. The zero-order valence-electron chi connectivity index (χ0n) is 19.1. The maximum Gasteiger partial charge on any atom is 0.328 e. The van der Waals surface area contributed by atoms with E-state index in [0.717, 1.165) is 16.8 Å². The van der Waals surface area contributed by atoms with Crippen molar-refractivity contribution in [3.63, 3.8) is 0 Å². The van der Waals surface area contributed by atoms with Crippen molar-refractivity contribution in [3.8, 4) is 0 Å². The van der Waals surface area contributed by atoms with Gasteiger partial charge in [0.15, 0.2) is 0 Å². The summed E-state index contributed by atoms with van der Waals surface area (Å²) in [5.41, 5.74) is 2.96. The number of urea groups is 2. The second-order valence-corrected chi connectivity index (χ2v) is 8.88. The molecule has 2 aliphatic rings. The number of amides is 4. The van der Waals surface area contributed by atoms with Crippen LogP contribution in [0, 0.1) is 0 Å². The van der Waals surface area contributed by atoms with E-state index in [4.69, 9.17) is 4.74 Å². The van der Waals surface area contributed by atoms with E-state index in [1.165, 1.54) is 7.11 Å². The molecule has 2 aliphatic heterocycles. The minimum absolute atomic E-state index is 0.203. The maximum absolute atomic E-state index is 13.1. The minimum Gasteiger partial charge on any atom is -0.467 e. The molecule has 1 saturated heterocycles. The molecule has 0 aliphatic carbocycles. The summed E-state index contributed by atoms with van der Waals surface area (Å²) in [6.45, 7) is 0.815. The number of anilines is 1. The third-order valence-corrected chi connectivity index (χ3v) is 6.75. The first-order chi connectivity index (χ1) is 16.9. The van der Waals surface area contributed by atoms with Crippen molar-refractivity contribution in [2.24, 2.45) is 0 Å². The molecular formula is C24H26N6O5. The Bertz CT molecular complexity index is 1350. The number of fused-ring (bicyclic) bond motifs is 3. The van der Waals surface area contributed by atoms with Crippen LogP contribution in [0.1, 0.15) is 24.0 Å². The van der Waals surface area contributed by atoms with E-state index in [-0.39, 0.29) is 24.2 Å². The summed E-state index contributed by atoms with van der Waals surface area (Å²) >= 11 is 0. The average molecular weight is 479 g/mol. The van der Waals surface area contributed by atoms with Gasteiger partial charge in [0.2, 0.25) is 0 Å². The number of carbonyl (C=O) groups is 3. The number of nitrogens with one attached hydrogen (secondary N) is 5. The normalized spacial score (nSPS) is 17.3. The van der Waals surface area contributed by atoms with E-state index >= 15 is 0 Å². The van der Waals surface area contributed by atoms with Gasteiger partial charge in [-0.15, -0.1) is 0 Å². The molecule has 1 aromatic heterocycles. The Morgan fingerprint density at radius 2 is 1.83 bits per heavy atom. The summed E-state index contributed by atoms with van der Waals surface area (Å²) in [4.78, 5) is 56.3. The standard InChI is InChI=1S/C24H26N6O5/c1-35-20(31)19(13-14-6-7-17-18(12-14)27-21(32)26-17)28-23(34)30-10-8-24(9-11-30)15-4-2-3-5-16(15)25-22(33)29-24/h2-7,12,19H,8-11,13H2,1H3,(H,28,34)(H2,25,29,33)(H2,26,27,32)/t19-/m1/s1. The molecule has 3 heterocycles. The van der Waals surface area contributed by atoms with Crippen LogP contribution in [-0.4, -0.2) is 59.1 Å². The highest BCUT2D eigenvalue weighted by molar-refractivity contribution is 5.94. The first-order valence-corrected chi connectivity index (χ1v) is 11.4. The lowest BCUT2D eigenvalue weighted by atomic mass is 9.79. The molecule has 1 fully saturated rings. The lowest BCUT2D eigenvalue weighted by Gasteiger charge is -2.45. The monoisotopic (exact) mass is 478 g/mol. The fourth-order valence-corrected chi connectivity index (χ4v) is 4.95. The van der Waals surface area contributed by atoms with Gasteiger partial charge in [0.1, 0.15) is 6.04 Å². The van der Waals surface area contributed by atoms with Crippen molar-refractivity contribution in [2.75, 3.05) is 25.5 Å². The van der Waals surface area contributed by atoms with Gasteiger partial charge in [-0.2, -0.15) is 0 Å². The van der Waals surface area contributed by atoms with E-state index in [9.17, 15) is 19.2 Å². The van der Waals surface area contributed by atoms with Crippen LogP contribution in [0.4, 0.5) is 15.3 Å². The largest absolute Gasteiger partial charge is 0.467 e. The van der Waals surface area contributed by atoms with Gasteiger partial charge >= 0.3 is 23.7 Å². The number of aromatic amines is 2. The Balaban J connectivity index is 1.27. The van der Waals surface area contributed by atoms with Gasteiger partial charge in [-0.3, -0.25) is 0 Å². The van der Waals surface area contributed by atoms with Gasteiger partial charge in [-0.05, 0) is 36.6 Å². The number of piperidine rings is 1. The van der Waals surface area contributed by atoms with Crippen molar-refractivity contribution < 1.29 is 19.1 Å². The predicted octanol–water partition coefficient (Wildman–Crippen LogP) is 1.78. The van der Waals surface area contributed by atoms with Crippen molar-refractivity contribution in [3.05, 3.63) is 64.1 Å². The molecule has 0 bridgehead atoms. The molecule has 2 aromatic carbocycles. The number of aromatic nitrogens is 2. The van der Waals surface area contributed by atoms with Gasteiger partial charge in [0.25, 0.3) is 0 Å². The number of carbonyl (C=O) groups excluding carboxylic acids is 3. The van der Waals surface area contributed by atoms with Crippen LogP contribution < -0.4 is 21.6 Å². The molecule has 0 radical (unpaired) electrons. The van der Waals surface area contributed by atoms with Crippen molar-refractivity contribution in [1.29, 1.82) is 0 Å². The fraction of sp³-hybridized carbons (Fsp3) is 0.333. The quantitative estimate of drug-likeness (QED) is 0.363. The second-order valence-electron chi connectivity index (χ2n) is 8.88. The zero-order valence-corrected chi connectivity index (χ0v) is 19.1. The topological polar surface area (TPSA) is 148 Å². The van der Waals surface area contributed by atoms with Crippen LogP contribution >= 0.6 is 0 Å². The highest BCUT2D eigenvalue weighted by atomic mass is 16.5. The molecule has 182 valence electrons. The molecule has 11 heteroatoms. The van der Waals surface area contributed by atoms with E-state index < -0.39 is 17.6 Å². The van der Waals surface area contributed by atoms with Crippen molar-refractivity contribution in [2.45, 2.75) is 30.8 Å². The van der Waals surface area contributed by atoms with Crippen LogP contribution in [0.5, 0.6) is 0 Å². The number of likely N-dealkylation sites (tertiary alicyclic amines) is 1. The Morgan fingerprint density at radius 1 is 1.09 bits per heavy atom. The van der Waals surface area contributed by atoms with Crippen LogP contribution in [0.25, 0.3) is 11.0 Å². The molecule has 0 saturated carbocycles. The molecule has 5 N–H and O–H groups in total. The predicted molar refractivity (Wildman–Crippen MR) is 128 cm³/mol. The number of methoxy groups -OCH3 is 1. The first-order valence-electron chi connectivity index (χ1n) is 11.4. The van der Waals surface area contributed by atoms with Crippen LogP contribution in [0.15, 0.2) is 47.3 Å². The van der Waals surface area contributed by atoms with Crippen LogP contribution in [0.3, 0.4) is 0 Å². The summed E-state index contributed by atoms with van der Waals surface area (Å²) in [5, 5.41) is 8.68. The van der Waals surface area contributed by atoms with Crippen LogP contribution in [-0.2, 0) is 21.5 Å². The molecule has 1 spiro atoms. The van der Waals surface area contributed by atoms with E-state index in [1.807, 2.05) is 24.3 Å². The van der Waals surface area contributed by atoms with E-state index in [2.05, 4.69) is 25.9 Å². The maximum atomic E-state index is 13.1. The van der Waals surface area contributed by atoms with Crippen LogP contribution in [0.2, 0.25) is 0 Å². The summed E-state index contributed by atoms with van der Waals surface area (Å²) in [7, 11) is 1.27. The second kappa shape index (κ2) is 8.82. The zero-order chi connectivity index (χ0) is 24.6. The average Bonchev–Trinajstić information content (AvgIpc) is 3.22. The number of para-hydroxylation sites is 1. The van der Waals surface area contributed by atoms with Gasteiger partial charge in [-0.1, -0.05) is 24.3 Å². The summed E-state index contributed by atoms with van der Waals surface area (Å²) in [5.74, 6) is -0.561. The smallest absolute Gasteiger partial charge is 0.328 e. The lowest BCUT2D eigenvalue weighted by Crippen LogP contribution is -2.59. The first kappa shape index (κ1) is 22.5. The Hall–Kier alpha value is -4.28. The number of ether oxygens (including phenoxy) is 1. The van der Waals surface area contributed by atoms with Gasteiger partial charge < -0.3 is 35.6 Å².